The van der Waals surface area contributed by atoms with Gasteiger partial charge in [-0.3, -0.25) is 4.79 Å². The van der Waals surface area contributed by atoms with Gasteiger partial charge in [0.05, 0.1) is 0 Å². The molecule has 1 aromatic heterocycles. The highest BCUT2D eigenvalue weighted by Crippen LogP contribution is 2.26. The molecule has 0 unspecified atom stereocenters. The Labute approximate surface area is 134 Å². The van der Waals surface area contributed by atoms with Crippen LogP contribution in [0.3, 0.4) is 0 Å². The van der Waals surface area contributed by atoms with Gasteiger partial charge in [0, 0.05) is 27.9 Å². The number of carbonyl (C=O) groups excluding carboxylic acids is 1. The molecule has 1 N–H and O–H groups in total. The molecule has 22 heavy (non-hydrogen) atoms. The minimum Gasteiger partial charge on any atom is -0.427 e. The first-order valence-electron chi connectivity index (χ1n) is 7.28. The van der Waals surface area contributed by atoms with E-state index in [0.29, 0.717) is 12.2 Å². The molecule has 2 aromatic carbocycles. The summed E-state index contributed by atoms with van der Waals surface area (Å²) in [4.78, 5) is 16.1. The Hall–Kier alpha value is -2.20. The number of esters is 1. The summed E-state index contributed by atoms with van der Waals surface area (Å²) in [6.07, 6.45) is 1.89. The first-order valence-corrected chi connectivity index (χ1v) is 7.73. The molecule has 3 aromatic rings. The normalized spacial score (nSPS) is 10.8. The van der Waals surface area contributed by atoms with Crippen LogP contribution < -0.4 is 4.74 Å². The van der Waals surface area contributed by atoms with Crippen LogP contribution >= 0.6 is 12.6 Å². The van der Waals surface area contributed by atoms with Crippen LogP contribution in [0.5, 0.6) is 5.75 Å². The zero-order chi connectivity index (χ0) is 15.4. The molecule has 0 bridgehead atoms. The summed E-state index contributed by atoms with van der Waals surface area (Å²) in [5, 5.41) is 1.12. The van der Waals surface area contributed by atoms with Gasteiger partial charge >= 0.3 is 5.97 Å². The van der Waals surface area contributed by atoms with Crippen LogP contribution in [0.4, 0.5) is 0 Å². The molecular weight excluding hydrogens is 294 g/mol. The second-order valence-corrected chi connectivity index (χ2v) is 5.59. The van der Waals surface area contributed by atoms with Crippen LogP contribution in [0.15, 0.2) is 59.5 Å². The molecule has 0 fully saturated rings. The molecule has 1 heterocycles. The van der Waals surface area contributed by atoms with Gasteiger partial charge in [-0.15, -0.1) is 12.6 Å². The van der Waals surface area contributed by atoms with E-state index in [4.69, 9.17) is 4.74 Å². The third-order valence-electron chi connectivity index (χ3n) is 3.54. The maximum absolute atomic E-state index is 11.8. The lowest BCUT2D eigenvalue weighted by Gasteiger charge is -2.04. The number of hydrogen-bond donors (Lipinski definition) is 2. The van der Waals surface area contributed by atoms with E-state index in [1.807, 2.05) is 42.5 Å². The van der Waals surface area contributed by atoms with E-state index in [2.05, 4.69) is 17.6 Å². The Kier molecular flexibility index (Phi) is 4.49. The Morgan fingerprint density at radius 2 is 1.77 bits per heavy atom. The highest BCUT2D eigenvalue weighted by molar-refractivity contribution is 7.80. The Balaban J connectivity index is 1.56. The SMILES string of the molecule is O=C(CCCc1[nH]c2ccccc2c1S)Oc1ccccc1. The molecule has 4 heteroatoms. The van der Waals surface area contributed by atoms with Gasteiger partial charge in [-0.25, -0.2) is 0 Å². The van der Waals surface area contributed by atoms with Crippen molar-refractivity contribution in [3.05, 3.63) is 60.3 Å². The van der Waals surface area contributed by atoms with Crippen LogP contribution in [0.2, 0.25) is 0 Å². The summed E-state index contributed by atoms with van der Waals surface area (Å²) in [6.45, 7) is 0. The van der Waals surface area contributed by atoms with Crippen molar-refractivity contribution < 1.29 is 9.53 Å². The zero-order valence-electron chi connectivity index (χ0n) is 12.1. The van der Waals surface area contributed by atoms with E-state index >= 15 is 0 Å². The predicted molar refractivity (Wildman–Crippen MR) is 90.6 cm³/mol. The number of fused-ring (bicyclic) bond motifs is 1. The first kappa shape index (κ1) is 14.7. The van der Waals surface area contributed by atoms with Crippen molar-refractivity contribution in [3.63, 3.8) is 0 Å². The van der Waals surface area contributed by atoms with Crippen molar-refractivity contribution >= 4 is 29.5 Å². The molecule has 3 nitrogen and oxygen atoms in total. The fourth-order valence-corrected chi connectivity index (χ4v) is 2.81. The largest absolute Gasteiger partial charge is 0.427 e. The Morgan fingerprint density at radius 3 is 2.55 bits per heavy atom. The number of benzene rings is 2. The number of para-hydroxylation sites is 2. The van der Waals surface area contributed by atoms with Crippen molar-refractivity contribution in [2.45, 2.75) is 24.2 Å². The predicted octanol–water partition coefficient (Wildman–Crippen LogP) is 4.38. The number of thiol groups is 1. The minimum absolute atomic E-state index is 0.206. The summed E-state index contributed by atoms with van der Waals surface area (Å²) in [5.41, 5.74) is 2.14. The molecule has 0 aliphatic heterocycles. The van der Waals surface area contributed by atoms with Gasteiger partial charge in [0.2, 0.25) is 0 Å². The zero-order valence-corrected chi connectivity index (χ0v) is 13.0. The van der Waals surface area contributed by atoms with Crippen molar-refractivity contribution in [1.82, 2.24) is 4.98 Å². The Morgan fingerprint density at radius 1 is 1.05 bits per heavy atom. The molecule has 0 spiro atoms. The highest BCUT2D eigenvalue weighted by Gasteiger charge is 2.09. The lowest BCUT2D eigenvalue weighted by molar-refractivity contribution is -0.134. The van der Waals surface area contributed by atoms with Crippen molar-refractivity contribution in [3.8, 4) is 5.75 Å². The molecule has 112 valence electrons. The summed E-state index contributed by atoms with van der Waals surface area (Å²) < 4.78 is 5.27. The molecule has 0 atom stereocenters. The first-order chi connectivity index (χ1) is 10.7. The summed E-state index contributed by atoms with van der Waals surface area (Å²) in [6, 6.07) is 17.2. The third-order valence-corrected chi connectivity index (χ3v) is 4.05. The van der Waals surface area contributed by atoms with E-state index in [-0.39, 0.29) is 5.97 Å². The van der Waals surface area contributed by atoms with E-state index in [9.17, 15) is 4.79 Å². The number of rotatable bonds is 5. The van der Waals surface area contributed by atoms with Crippen LogP contribution in [0, 0.1) is 0 Å². The third kappa shape index (κ3) is 3.34. The van der Waals surface area contributed by atoms with Crippen molar-refractivity contribution in [2.75, 3.05) is 0 Å². The molecule has 0 radical (unpaired) electrons. The van der Waals surface area contributed by atoms with Crippen LogP contribution in [-0.2, 0) is 11.2 Å². The van der Waals surface area contributed by atoms with Gasteiger partial charge in [0.15, 0.2) is 0 Å². The molecule has 0 saturated carbocycles. The lowest BCUT2D eigenvalue weighted by atomic mass is 10.2. The number of hydrogen-bond acceptors (Lipinski definition) is 3. The second-order valence-electron chi connectivity index (χ2n) is 5.14. The van der Waals surface area contributed by atoms with Crippen LogP contribution in [0.1, 0.15) is 18.5 Å². The number of aryl methyl sites for hydroxylation is 1. The lowest BCUT2D eigenvalue weighted by Crippen LogP contribution is -2.08. The summed E-state index contributed by atoms with van der Waals surface area (Å²) in [7, 11) is 0. The average Bonchev–Trinajstić information content (AvgIpc) is 2.85. The second kappa shape index (κ2) is 6.71. The van der Waals surface area contributed by atoms with Gasteiger partial charge < -0.3 is 9.72 Å². The molecule has 3 rings (SSSR count). The van der Waals surface area contributed by atoms with Gasteiger partial charge in [-0.1, -0.05) is 36.4 Å². The van der Waals surface area contributed by atoms with Gasteiger partial charge in [0.1, 0.15) is 5.75 Å². The number of aromatic amines is 1. The van der Waals surface area contributed by atoms with E-state index < -0.39 is 0 Å². The van der Waals surface area contributed by atoms with Crippen molar-refractivity contribution in [2.24, 2.45) is 0 Å². The number of H-pyrrole nitrogens is 1. The standard InChI is InChI=1S/C18H17NO2S/c20-17(21-13-7-2-1-3-8-13)12-6-11-16-18(22)14-9-4-5-10-15(14)19-16/h1-5,7-10,19,22H,6,11-12H2. The topological polar surface area (TPSA) is 42.1 Å². The molecule has 0 aliphatic carbocycles. The van der Waals surface area contributed by atoms with E-state index in [1.54, 1.807) is 12.1 Å². The fraction of sp³-hybridized carbons (Fsp3) is 0.167. The fourth-order valence-electron chi connectivity index (χ4n) is 2.44. The maximum Gasteiger partial charge on any atom is 0.311 e. The highest BCUT2D eigenvalue weighted by atomic mass is 32.1. The van der Waals surface area contributed by atoms with Gasteiger partial charge in [-0.05, 0) is 31.0 Å². The quantitative estimate of drug-likeness (QED) is 0.417. The Bertz CT molecular complexity index is 780. The maximum atomic E-state index is 11.8. The van der Waals surface area contributed by atoms with Crippen LogP contribution in [-0.4, -0.2) is 11.0 Å². The number of ether oxygens (including phenoxy) is 1. The van der Waals surface area contributed by atoms with Gasteiger partial charge in [0.25, 0.3) is 0 Å². The average molecular weight is 311 g/mol. The smallest absolute Gasteiger partial charge is 0.311 e. The van der Waals surface area contributed by atoms with Crippen molar-refractivity contribution in [1.29, 1.82) is 0 Å². The number of nitrogens with one attached hydrogen (secondary N) is 1. The molecule has 0 amide bonds. The van der Waals surface area contributed by atoms with E-state index in [0.717, 1.165) is 34.3 Å². The number of carbonyl (C=O) groups is 1. The van der Waals surface area contributed by atoms with Gasteiger partial charge in [-0.2, -0.15) is 0 Å². The summed E-state index contributed by atoms with van der Waals surface area (Å²) in [5.74, 6) is 0.385. The van der Waals surface area contributed by atoms with Crippen LogP contribution in [0.25, 0.3) is 10.9 Å². The minimum atomic E-state index is -0.206. The molecular formula is C18H17NO2S. The monoisotopic (exact) mass is 311 g/mol. The van der Waals surface area contributed by atoms with E-state index in [1.165, 1.54) is 0 Å². The summed E-state index contributed by atoms with van der Waals surface area (Å²) >= 11 is 4.57. The molecule has 0 aliphatic rings. The number of aromatic nitrogens is 1. The molecule has 0 saturated heterocycles.